The zero-order valence-corrected chi connectivity index (χ0v) is 18.5. The maximum Gasteiger partial charge on any atom is 0.326 e. The monoisotopic (exact) mass is 460 g/mol. The lowest BCUT2D eigenvalue weighted by atomic mass is 9.97. The summed E-state index contributed by atoms with van der Waals surface area (Å²) in [6, 6.07) is -5.06. The number of aliphatic carboxylic acids is 1. The minimum atomic E-state index is -1.43. The molecule has 32 heavy (non-hydrogen) atoms. The van der Waals surface area contributed by atoms with Crippen LogP contribution in [-0.4, -0.2) is 77.1 Å². The Bertz CT molecular complexity index is 660. The van der Waals surface area contributed by atoms with Crippen molar-refractivity contribution in [1.29, 1.82) is 0 Å². The number of nitrogens with one attached hydrogen (secondary N) is 3. The first-order valence-corrected chi connectivity index (χ1v) is 10.5. The summed E-state index contributed by atoms with van der Waals surface area (Å²) in [5.74, 6) is -4.99. The van der Waals surface area contributed by atoms with E-state index in [0.29, 0.717) is 25.8 Å². The summed E-state index contributed by atoms with van der Waals surface area (Å²) in [5.41, 5.74) is 16.0. The molecular weight excluding hydrogens is 424 g/mol. The number of rotatable bonds is 16. The van der Waals surface area contributed by atoms with Crippen LogP contribution >= 0.6 is 0 Å². The standard InChI is InChI=1S/C19H36N6O7/c1-3-10(2)15(18(30)23-12(19(31)32)6-4-5-7-20)25-17(29)13(8-14(22)27)24-16(28)11(21)9-26/h10-13,15,26H,3-9,20-21H2,1-2H3,(H2,22,27)(H,23,30)(H,24,28)(H,25,29)(H,31,32). The highest BCUT2D eigenvalue weighted by atomic mass is 16.4. The molecule has 0 radical (unpaired) electrons. The summed E-state index contributed by atoms with van der Waals surface area (Å²) < 4.78 is 0. The van der Waals surface area contributed by atoms with Gasteiger partial charge in [0.2, 0.25) is 23.6 Å². The lowest BCUT2D eigenvalue weighted by Gasteiger charge is -2.27. The van der Waals surface area contributed by atoms with Crippen LogP contribution in [0.25, 0.3) is 0 Å². The molecule has 5 unspecified atom stereocenters. The van der Waals surface area contributed by atoms with Crippen molar-refractivity contribution in [2.45, 2.75) is 70.1 Å². The van der Waals surface area contributed by atoms with Crippen LogP contribution in [0.4, 0.5) is 0 Å². The molecule has 0 aliphatic carbocycles. The topological polar surface area (TPSA) is 240 Å². The number of carbonyl (C=O) groups excluding carboxylic acids is 4. The quantitative estimate of drug-likeness (QED) is 0.109. The second kappa shape index (κ2) is 15.1. The van der Waals surface area contributed by atoms with Gasteiger partial charge < -0.3 is 43.4 Å². The molecule has 5 atom stereocenters. The number of hydrogen-bond acceptors (Lipinski definition) is 8. The molecule has 0 aliphatic rings. The molecule has 0 saturated carbocycles. The number of aliphatic hydroxyl groups is 1. The predicted octanol–water partition coefficient (Wildman–Crippen LogP) is -3.10. The van der Waals surface area contributed by atoms with Crippen molar-refractivity contribution in [3.63, 3.8) is 0 Å². The SMILES string of the molecule is CCC(C)C(NC(=O)C(CC(N)=O)NC(=O)C(N)CO)C(=O)NC(CCCCN)C(=O)O. The molecule has 11 N–H and O–H groups in total. The Kier molecular flexibility index (Phi) is 13.8. The van der Waals surface area contributed by atoms with Crippen LogP contribution in [0.3, 0.4) is 0 Å². The molecule has 0 aromatic carbocycles. The van der Waals surface area contributed by atoms with Gasteiger partial charge in [0.1, 0.15) is 24.2 Å². The van der Waals surface area contributed by atoms with E-state index in [1.165, 1.54) is 0 Å². The molecule has 0 heterocycles. The Labute approximate surface area is 186 Å². The van der Waals surface area contributed by atoms with Gasteiger partial charge in [-0.1, -0.05) is 20.3 Å². The first-order chi connectivity index (χ1) is 15.0. The van der Waals surface area contributed by atoms with Gasteiger partial charge in [0.05, 0.1) is 13.0 Å². The number of primary amides is 1. The van der Waals surface area contributed by atoms with E-state index in [1.54, 1.807) is 13.8 Å². The van der Waals surface area contributed by atoms with Crippen LogP contribution in [-0.2, 0) is 24.0 Å². The van der Waals surface area contributed by atoms with Gasteiger partial charge in [-0.15, -0.1) is 0 Å². The number of carboxylic acid groups (broad SMARTS) is 1. The Morgan fingerprint density at radius 3 is 2.00 bits per heavy atom. The van der Waals surface area contributed by atoms with Crippen LogP contribution in [0.1, 0.15) is 46.0 Å². The second-order valence-corrected chi connectivity index (χ2v) is 7.58. The molecule has 0 aromatic rings. The van der Waals surface area contributed by atoms with Crippen LogP contribution in [0.5, 0.6) is 0 Å². The summed E-state index contributed by atoms with van der Waals surface area (Å²) in [5, 5.41) is 25.5. The molecule has 13 heteroatoms. The van der Waals surface area contributed by atoms with Crippen molar-refractivity contribution < 1.29 is 34.2 Å². The largest absolute Gasteiger partial charge is 0.480 e. The van der Waals surface area contributed by atoms with Gasteiger partial charge in [-0.05, 0) is 31.7 Å². The van der Waals surface area contributed by atoms with Crippen molar-refractivity contribution in [3.8, 4) is 0 Å². The number of nitrogens with two attached hydrogens (primary N) is 3. The van der Waals surface area contributed by atoms with Gasteiger partial charge in [0.25, 0.3) is 0 Å². The fraction of sp³-hybridized carbons (Fsp3) is 0.737. The highest BCUT2D eigenvalue weighted by Crippen LogP contribution is 2.10. The zero-order valence-electron chi connectivity index (χ0n) is 18.5. The Morgan fingerprint density at radius 2 is 1.53 bits per heavy atom. The van der Waals surface area contributed by atoms with E-state index in [1.807, 2.05) is 0 Å². The van der Waals surface area contributed by atoms with Gasteiger partial charge >= 0.3 is 5.97 Å². The molecule has 0 bridgehead atoms. The van der Waals surface area contributed by atoms with Crippen LogP contribution in [0.15, 0.2) is 0 Å². The lowest BCUT2D eigenvalue weighted by molar-refractivity contribution is -0.143. The number of amides is 4. The van der Waals surface area contributed by atoms with E-state index < -0.39 is 72.7 Å². The summed E-state index contributed by atoms with van der Waals surface area (Å²) >= 11 is 0. The van der Waals surface area contributed by atoms with Crippen LogP contribution < -0.4 is 33.2 Å². The van der Waals surface area contributed by atoms with Gasteiger partial charge in [-0.3, -0.25) is 19.2 Å². The van der Waals surface area contributed by atoms with Crippen LogP contribution in [0, 0.1) is 5.92 Å². The average molecular weight is 461 g/mol. The first kappa shape index (κ1) is 29.2. The third-order valence-corrected chi connectivity index (χ3v) is 4.93. The van der Waals surface area contributed by atoms with Crippen molar-refractivity contribution in [2.75, 3.05) is 13.2 Å². The molecule has 184 valence electrons. The van der Waals surface area contributed by atoms with Gasteiger partial charge in [0, 0.05) is 0 Å². The number of carbonyl (C=O) groups is 5. The van der Waals surface area contributed by atoms with Crippen molar-refractivity contribution in [2.24, 2.45) is 23.1 Å². The normalized spacial score (nSPS) is 15.5. The Morgan fingerprint density at radius 1 is 0.938 bits per heavy atom. The predicted molar refractivity (Wildman–Crippen MR) is 115 cm³/mol. The molecule has 0 aliphatic heterocycles. The fourth-order valence-corrected chi connectivity index (χ4v) is 2.74. The average Bonchev–Trinajstić information content (AvgIpc) is 2.74. The minimum Gasteiger partial charge on any atom is -0.480 e. The number of carboxylic acids is 1. The highest BCUT2D eigenvalue weighted by Gasteiger charge is 2.33. The van der Waals surface area contributed by atoms with Gasteiger partial charge in [-0.25, -0.2) is 4.79 Å². The molecule has 13 nitrogen and oxygen atoms in total. The molecule has 0 spiro atoms. The number of aliphatic hydroxyl groups excluding tert-OH is 1. The van der Waals surface area contributed by atoms with E-state index in [-0.39, 0.29) is 6.42 Å². The van der Waals surface area contributed by atoms with Crippen molar-refractivity contribution >= 4 is 29.6 Å². The Hall–Kier alpha value is -2.77. The molecular formula is C19H36N6O7. The van der Waals surface area contributed by atoms with E-state index in [9.17, 15) is 29.1 Å². The molecule has 0 saturated heterocycles. The number of unbranched alkanes of at least 4 members (excludes halogenated alkanes) is 1. The Balaban J connectivity index is 5.47. The third kappa shape index (κ3) is 10.5. The van der Waals surface area contributed by atoms with Gasteiger partial charge in [0.15, 0.2) is 0 Å². The highest BCUT2D eigenvalue weighted by molar-refractivity contribution is 5.96. The molecule has 0 fully saturated rings. The molecule has 4 amide bonds. The second-order valence-electron chi connectivity index (χ2n) is 7.58. The molecule has 0 rings (SSSR count). The zero-order chi connectivity index (χ0) is 24.8. The summed E-state index contributed by atoms with van der Waals surface area (Å²) in [6.45, 7) is 3.15. The van der Waals surface area contributed by atoms with E-state index in [0.717, 1.165) is 0 Å². The lowest BCUT2D eigenvalue weighted by Crippen LogP contribution is -2.59. The molecule has 0 aromatic heterocycles. The smallest absolute Gasteiger partial charge is 0.326 e. The van der Waals surface area contributed by atoms with E-state index in [2.05, 4.69) is 16.0 Å². The summed E-state index contributed by atoms with van der Waals surface area (Å²) in [6.07, 6.45) is 1.15. The van der Waals surface area contributed by atoms with E-state index >= 15 is 0 Å². The maximum absolute atomic E-state index is 12.8. The maximum atomic E-state index is 12.8. The minimum absolute atomic E-state index is 0.166. The van der Waals surface area contributed by atoms with Crippen LogP contribution in [0.2, 0.25) is 0 Å². The fourth-order valence-electron chi connectivity index (χ4n) is 2.74. The third-order valence-electron chi connectivity index (χ3n) is 4.93. The van der Waals surface area contributed by atoms with Gasteiger partial charge in [-0.2, -0.15) is 0 Å². The summed E-state index contributed by atoms with van der Waals surface area (Å²) in [7, 11) is 0. The van der Waals surface area contributed by atoms with Crippen molar-refractivity contribution in [3.05, 3.63) is 0 Å². The number of hydrogen-bond donors (Lipinski definition) is 8. The van der Waals surface area contributed by atoms with Crippen molar-refractivity contribution in [1.82, 2.24) is 16.0 Å². The first-order valence-electron chi connectivity index (χ1n) is 10.5. The summed E-state index contributed by atoms with van der Waals surface area (Å²) in [4.78, 5) is 60.3. The van der Waals surface area contributed by atoms with E-state index in [4.69, 9.17) is 22.3 Å².